The Bertz CT molecular complexity index is 1240. The van der Waals surface area contributed by atoms with Crippen LogP contribution in [0.5, 0.6) is 5.75 Å². The van der Waals surface area contributed by atoms with Gasteiger partial charge in [0.15, 0.2) is 0 Å². The Morgan fingerprint density at radius 1 is 1.03 bits per heavy atom. The number of rotatable bonds is 6. The number of benzene rings is 2. The van der Waals surface area contributed by atoms with Crippen LogP contribution in [-0.4, -0.2) is 72.1 Å². The molecule has 202 valence electrons. The van der Waals surface area contributed by atoms with Gasteiger partial charge in [0.2, 0.25) is 0 Å². The number of amides is 1. The number of likely N-dealkylation sites (tertiary alicyclic amines) is 1. The standard InChI is InChI=1S/C31H38N2O5/c1-20-18-23-19-22(8-11-25(23)38-20)28(34)26-27(21-6-9-24(10-7-21)31(2,3)4)33(30(36)29(26)35)13-5-12-32-14-16-37-17-15-32/h6-11,19-20,27,34H,5,12-18H2,1-4H3/b28-26-. The minimum Gasteiger partial charge on any atom is -0.507 e. The number of Topliss-reactive ketones (excluding diaryl/α,β-unsaturated/α-hetero) is 1. The van der Waals surface area contributed by atoms with E-state index in [9.17, 15) is 14.7 Å². The van der Waals surface area contributed by atoms with Gasteiger partial charge in [-0.25, -0.2) is 0 Å². The third-order valence-corrected chi connectivity index (χ3v) is 7.78. The Kier molecular flexibility index (Phi) is 7.34. The number of hydrogen-bond donors (Lipinski definition) is 1. The monoisotopic (exact) mass is 518 g/mol. The van der Waals surface area contributed by atoms with Gasteiger partial charge in [0.1, 0.15) is 17.6 Å². The van der Waals surface area contributed by atoms with Crippen LogP contribution in [0.15, 0.2) is 48.0 Å². The summed E-state index contributed by atoms with van der Waals surface area (Å²) in [4.78, 5) is 30.7. The predicted octanol–water partition coefficient (Wildman–Crippen LogP) is 4.45. The molecule has 0 bridgehead atoms. The zero-order chi connectivity index (χ0) is 27.0. The smallest absolute Gasteiger partial charge is 0.295 e. The van der Waals surface area contributed by atoms with Gasteiger partial charge < -0.3 is 19.5 Å². The highest BCUT2D eigenvalue weighted by Gasteiger charge is 2.46. The molecule has 3 aliphatic rings. The molecule has 3 heterocycles. The van der Waals surface area contributed by atoms with E-state index in [1.165, 1.54) is 5.56 Å². The summed E-state index contributed by atoms with van der Waals surface area (Å²) in [6, 6.07) is 12.9. The number of aliphatic hydroxyl groups is 1. The summed E-state index contributed by atoms with van der Waals surface area (Å²) in [5.74, 6) is -0.529. The molecule has 1 amide bonds. The summed E-state index contributed by atoms with van der Waals surface area (Å²) in [7, 11) is 0. The number of ether oxygens (including phenoxy) is 2. The van der Waals surface area contributed by atoms with Crippen molar-refractivity contribution >= 4 is 17.4 Å². The fourth-order valence-electron chi connectivity index (χ4n) is 5.64. The van der Waals surface area contributed by atoms with Crippen molar-refractivity contribution in [2.45, 2.75) is 58.1 Å². The van der Waals surface area contributed by atoms with Gasteiger partial charge in [0, 0.05) is 38.2 Å². The minimum absolute atomic E-state index is 0.0257. The first-order valence-electron chi connectivity index (χ1n) is 13.6. The summed E-state index contributed by atoms with van der Waals surface area (Å²) >= 11 is 0. The second-order valence-corrected chi connectivity index (χ2v) is 11.6. The maximum absolute atomic E-state index is 13.4. The number of nitrogens with zero attached hydrogens (tertiary/aromatic N) is 2. The normalized spacial score (nSPS) is 23.5. The molecule has 5 rings (SSSR count). The molecule has 7 heteroatoms. The van der Waals surface area contributed by atoms with Crippen LogP contribution >= 0.6 is 0 Å². The van der Waals surface area contributed by atoms with Gasteiger partial charge in [0.25, 0.3) is 11.7 Å². The molecule has 7 nitrogen and oxygen atoms in total. The lowest BCUT2D eigenvalue weighted by Crippen LogP contribution is -2.39. The van der Waals surface area contributed by atoms with Gasteiger partial charge in [-0.15, -0.1) is 0 Å². The van der Waals surface area contributed by atoms with Crippen LogP contribution in [-0.2, 0) is 26.2 Å². The van der Waals surface area contributed by atoms with Crippen molar-refractivity contribution in [3.05, 3.63) is 70.3 Å². The number of hydrogen-bond acceptors (Lipinski definition) is 6. The summed E-state index contributed by atoms with van der Waals surface area (Å²) in [6.07, 6.45) is 1.54. The van der Waals surface area contributed by atoms with Gasteiger partial charge in [-0.3, -0.25) is 14.5 Å². The Balaban J connectivity index is 1.50. The van der Waals surface area contributed by atoms with Crippen molar-refractivity contribution in [1.29, 1.82) is 0 Å². The Labute approximate surface area is 225 Å². The van der Waals surface area contributed by atoms with Gasteiger partial charge in [0.05, 0.1) is 24.8 Å². The minimum atomic E-state index is -0.642. The van der Waals surface area contributed by atoms with Crippen LogP contribution in [0.1, 0.15) is 62.4 Å². The third kappa shape index (κ3) is 5.22. The predicted molar refractivity (Wildman–Crippen MR) is 146 cm³/mol. The molecule has 2 aromatic carbocycles. The Hall–Kier alpha value is -3.16. The number of morpholine rings is 1. The molecule has 0 saturated carbocycles. The van der Waals surface area contributed by atoms with Crippen LogP contribution < -0.4 is 4.74 Å². The van der Waals surface area contributed by atoms with E-state index in [-0.39, 0.29) is 22.9 Å². The van der Waals surface area contributed by atoms with Crippen LogP contribution in [0.4, 0.5) is 0 Å². The van der Waals surface area contributed by atoms with Crippen molar-refractivity contribution in [1.82, 2.24) is 9.80 Å². The second kappa shape index (κ2) is 10.5. The lowest BCUT2D eigenvalue weighted by Gasteiger charge is -2.29. The first kappa shape index (κ1) is 26.4. The van der Waals surface area contributed by atoms with Crippen LogP contribution in [0.3, 0.4) is 0 Å². The van der Waals surface area contributed by atoms with Crippen molar-refractivity contribution in [3.8, 4) is 5.75 Å². The molecule has 0 radical (unpaired) electrons. The van der Waals surface area contributed by atoms with Crippen LogP contribution in [0.25, 0.3) is 5.76 Å². The number of ketones is 1. The van der Waals surface area contributed by atoms with Crippen molar-refractivity contribution < 1.29 is 24.2 Å². The summed E-state index contributed by atoms with van der Waals surface area (Å²) in [5.41, 5.74) is 3.64. The second-order valence-electron chi connectivity index (χ2n) is 11.6. The van der Waals surface area contributed by atoms with Crippen LogP contribution in [0, 0.1) is 0 Å². The number of carbonyl (C=O) groups is 2. The molecule has 0 aliphatic carbocycles. The molecule has 38 heavy (non-hydrogen) atoms. The number of carbonyl (C=O) groups excluding carboxylic acids is 2. The van der Waals surface area contributed by atoms with E-state index < -0.39 is 17.7 Å². The molecular formula is C31H38N2O5. The van der Waals surface area contributed by atoms with E-state index in [0.29, 0.717) is 12.1 Å². The topological polar surface area (TPSA) is 79.3 Å². The largest absolute Gasteiger partial charge is 0.507 e. The molecule has 1 N–H and O–H groups in total. The van der Waals surface area contributed by atoms with E-state index in [2.05, 4.69) is 37.8 Å². The van der Waals surface area contributed by atoms with Gasteiger partial charge >= 0.3 is 0 Å². The van der Waals surface area contributed by atoms with Crippen molar-refractivity contribution in [2.75, 3.05) is 39.4 Å². The fourth-order valence-corrected chi connectivity index (χ4v) is 5.64. The van der Waals surface area contributed by atoms with E-state index >= 15 is 0 Å². The highest BCUT2D eigenvalue weighted by atomic mass is 16.5. The first-order valence-corrected chi connectivity index (χ1v) is 13.6. The van der Waals surface area contributed by atoms with Gasteiger partial charge in [-0.2, -0.15) is 0 Å². The molecule has 0 aromatic heterocycles. The van der Waals surface area contributed by atoms with E-state index in [4.69, 9.17) is 9.47 Å². The van der Waals surface area contributed by atoms with E-state index in [1.807, 2.05) is 31.2 Å². The van der Waals surface area contributed by atoms with E-state index in [0.717, 1.165) is 62.6 Å². The molecule has 2 aromatic rings. The zero-order valence-corrected chi connectivity index (χ0v) is 22.8. The van der Waals surface area contributed by atoms with Crippen LogP contribution in [0.2, 0.25) is 0 Å². The average molecular weight is 519 g/mol. The maximum Gasteiger partial charge on any atom is 0.295 e. The summed E-state index contributed by atoms with van der Waals surface area (Å²) in [6.45, 7) is 12.9. The SMILES string of the molecule is CC1Cc2cc(/C(O)=C3/C(=O)C(=O)N(CCCN4CCOCC4)C3c3ccc(C(C)(C)C)cc3)ccc2O1. The highest BCUT2D eigenvalue weighted by molar-refractivity contribution is 6.46. The lowest BCUT2D eigenvalue weighted by atomic mass is 9.85. The summed E-state index contributed by atoms with van der Waals surface area (Å²) in [5, 5.41) is 11.5. The molecule has 2 atom stereocenters. The number of aliphatic hydroxyl groups excluding tert-OH is 1. The molecule has 2 unspecified atom stereocenters. The molecule has 2 saturated heterocycles. The molecule has 2 fully saturated rings. The van der Waals surface area contributed by atoms with Gasteiger partial charge in [-0.05, 0) is 53.6 Å². The van der Waals surface area contributed by atoms with E-state index in [1.54, 1.807) is 11.0 Å². The molecule has 0 spiro atoms. The zero-order valence-electron chi connectivity index (χ0n) is 22.8. The molecular weight excluding hydrogens is 480 g/mol. The Morgan fingerprint density at radius 3 is 2.42 bits per heavy atom. The van der Waals surface area contributed by atoms with Crippen molar-refractivity contribution in [2.24, 2.45) is 0 Å². The maximum atomic E-state index is 13.4. The quantitative estimate of drug-likeness (QED) is 0.346. The Morgan fingerprint density at radius 2 is 1.74 bits per heavy atom. The lowest BCUT2D eigenvalue weighted by molar-refractivity contribution is -0.140. The third-order valence-electron chi connectivity index (χ3n) is 7.78. The fraction of sp³-hybridized carbons (Fsp3) is 0.484. The molecule has 3 aliphatic heterocycles. The average Bonchev–Trinajstić information content (AvgIpc) is 3.39. The van der Waals surface area contributed by atoms with Gasteiger partial charge in [-0.1, -0.05) is 45.0 Å². The number of fused-ring (bicyclic) bond motifs is 1. The highest BCUT2D eigenvalue weighted by Crippen LogP contribution is 2.41. The summed E-state index contributed by atoms with van der Waals surface area (Å²) < 4.78 is 11.2. The first-order chi connectivity index (χ1) is 18.1. The van der Waals surface area contributed by atoms with Crippen molar-refractivity contribution in [3.63, 3.8) is 0 Å².